The average molecular weight is 377 g/mol. The van der Waals surface area contributed by atoms with Gasteiger partial charge in [0, 0.05) is 65.5 Å². The number of hydrogen-bond donors (Lipinski definition) is 1. The second-order valence-corrected chi connectivity index (χ2v) is 9.15. The lowest BCUT2D eigenvalue weighted by Gasteiger charge is -2.33. The number of nitrogens with zero attached hydrogens (tertiary/aromatic N) is 1. The molecule has 2 atom stereocenters. The second-order valence-electron chi connectivity index (χ2n) is 9.15. The summed E-state index contributed by atoms with van der Waals surface area (Å²) in [6.45, 7) is 8.37. The molecule has 1 saturated carbocycles. The van der Waals surface area contributed by atoms with Gasteiger partial charge in [0.05, 0.1) is 0 Å². The highest BCUT2D eigenvalue weighted by molar-refractivity contribution is 6.08. The molecule has 0 saturated heterocycles. The van der Waals surface area contributed by atoms with Crippen LogP contribution in [-0.2, 0) is 23.2 Å². The van der Waals surface area contributed by atoms with Gasteiger partial charge in [0.1, 0.15) is 5.78 Å². The van der Waals surface area contributed by atoms with Crippen LogP contribution in [0.5, 0.6) is 0 Å². The van der Waals surface area contributed by atoms with Gasteiger partial charge in [0.2, 0.25) is 0 Å². The van der Waals surface area contributed by atoms with Crippen molar-refractivity contribution in [3.8, 4) is 0 Å². The smallest absolute Gasteiger partial charge is 0.163 e. The Morgan fingerprint density at radius 2 is 2.04 bits per heavy atom. The summed E-state index contributed by atoms with van der Waals surface area (Å²) in [6, 6.07) is 4.60. The lowest BCUT2D eigenvalue weighted by Crippen LogP contribution is -2.32. The van der Waals surface area contributed by atoms with Gasteiger partial charge in [0.15, 0.2) is 5.78 Å². The molecule has 0 amide bonds. The number of rotatable bonds is 4. The summed E-state index contributed by atoms with van der Waals surface area (Å²) in [6.07, 6.45) is 7.29. The van der Waals surface area contributed by atoms with E-state index in [9.17, 15) is 9.59 Å². The fourth-order valence-electron chi connectivity index (χ4n) is 5.72. The Hall–Kier alpha value is -2.20. The predicted octanol–water partition coefficient (Wildman–Crippen LogP) is 4.03. The number of ketones is 2. The molecule has 1 heterocycles. The highest BCUT2D eigenvalue weighted by Gasteiger charge is 2.49. The van der Waals surface area contributed by atoms with Crippen molar-refractivity contribution in [2.45, 2.75) is 64.5 Å². The molecule has 28 heavy (non-hydrogen) atoms. The number of carbonyl (C=O) groups is 2. The molecule has 4 nitrogen and oxygen atoms in total. The van der Waals surface area contributed by atoms with Gasteiger partial charge in [0.25, 0.3) is 0 Å². The Kier molecular flexibility index (Phi) is 3.92. The fraction of sp³-hybridized carbons (Fsp3) is 0.500. The van der Waals surface area contributed by atoms with Crippen molar-refractivity contribution in [3.05, 3.63) is 40.6 Å². The first-order valence-corrected chi connectivity index (χ1v) is 10.6. The molecule has 1 aromatic heterocycles. The number of allylic oxidation sites excluding steroid dienone is 1. The zero-order valence-corrected chi connectivity index (χ0v) is 17.0. The lowest BCUT2D eigenvalue weighted by atomic mass is 9.69. The van der Waals surface area contributed by atoms with E-state index in [4.69, 9.17) is 0 Å². The first-order valence-electron chi connectivity index (χ1n) is 10.6. The monoisotopic (exact) mass is 376 g/mol. The molecule has 0 aliphatic heterocycles. The Morgan fingerprint density at radius 3 is 2.82 bits per heavy atom. The van der Waals surface area contributed by atoms with Crippen molar-refractivity contribution in [3.63, 3.8) is 0 Å². The molecule has 5 rings (SSSR count). The average Bonchev–Trinajstić information content (AvgIpc) is 3.28. The van der Waals surface area contributed by atoms with Crippen molar-refractivity contribution in [1.82, 2.24) is 9.88 Å². The zero-order valence-electron chi connectivity index (χ0n) is 17.0. The Balaban J connectivity index is 1.76. The van der Waals surface area contributed by atoms with Gasteiger partial charge in [-0.25, -0.2) is 0 Å². The molecule has 0 bridgehead atoms. The van der Waals surface area contributed by atoms with Crippen LogP contribution in [0, 0.1) is 5.92 Å². The quantitative estimate of drug-likeness (QED) is 0.876. The van der Waals surface area contributed by atoms with Gasteiger partial charge in [-0.2, -0.15) is 0 Å². The minimum Gasteiger partial charge on any atom is -0.339 e. The highest BCUT2D eigenvalue weighted by atomic mass is 16.1. The summed E-state index contributed by atoms with van der Waals surface area (Å²) in [4.78, 5) is 25.0. The van der Waals surface area contributed by atoms with Crippen LogP contribution < -0.4 is 5.32 Å². The molecule has 3 aliphatic rings. The fourth-order valence-corrected chi connectivity index (χ4v) is 5.72. The summed E-state index contributed by atoms with van der Waals surface area (Å²) in [5, 5.41) is 4.78. The van der Waals surface area contributed by atoms with Crippen LogP contribution in [0.2, 0.25) is 0 Å². The third-order valence-electron chi connectivity index (χ3n) is 7.11. The van der Waals surface area contributed by atoms with Gasteiger partial charge < -0.3 is 9.88 Å². The summed E-state index contributed by atoms with van der Waals surface area (Å²) in [5.41, 5.74) is 5.72. The normalized spacial score (nSPS) is 25.6. The van der Waals surface area contributed by atoms with E-state index in [0.717, 1.165) is 31.5 Å². The summed E-state index contributed by atoms with van der Waals surface area (Å²) in [5.74, 6) is 0.589. The number of carbonyl (C=O) groups excluding carboxylic acids is 2. The van der Waals surface area contributed by atoms with E-state index in [2.05, 4.69) is 48.9 Å². The van der Waals surface area contributed by atoms with Gasteiger partial charge in [-0.3, -0.25) is 9.59 Å². The van der Waals surface area contributed by atoms with Crippen molar-refractivity contribution < 1.29 is 9.59 Å². The molecule has 1 fully saturated rings. The van der Waals surface area contributed by atoms with E-state index in [1.54, 1.807) is 0 Å². The van der Waals surface area contributed by atoms with Crippen LogP contribution in [0.15, 0.2) is 18.2 Å². The molecule has 1 N–H and O–H groups in total. The van der Waals surface area contributed by atoms with Gasteiger partial charge in [-0.1, -0.05) is 26.8 Å². The number of Topliss-reactive ketones (excluding diaryl/α,β-unsaturated/α-hetero) is 2. The lowest BCUT2D eigenvalue weighted by molar-refractivity contribution is -0.120. The maximum atomic E-state index is 12.6. The molecule has 2 unspecified atom stereocenters. The van der Waals surface area contributed by atoms with Crippen LogP contribution in [0.4, 0.5) is 0 Å². The highest BCUT2D eigenvalue weighted by Crippen LogP contribution is 2.53. The zero-order chi connectivity index (χ0) is 19.6. The van der Waals surface area contributed by atoms with Crippen molar-refractivity contribution in [1.29, 1.82) is 0 Å². The number of hydrogen-bond acceptors (Lipinski definition) is 3. The number of fused-ring (bicyclic) bond motifs is 7. The Morgan fingerprint density at radius 1 is 1.21 bits per heavy atom. The van der Waals surface area contributed by atoms with Crippen LogP contribution in [0.3, 0.4) is 0 Å². The molecule has 4 heteroatoms. The first kappa shape index (κ1) is 17.9. The standard InChI is InChI=1S/C24H28N2O2/c1-14(2)25-12-13-26-18-7-4-15-16(5-9-20(15)27)22(18)23-19(26)8-6-17-21(28)10-11-24(17,23)3/h4,6-8,14,17,25H,5,9-13H2,1-3H3. The number of aryl methyl sites for hydroxylation is 1. The van der Waals surface area contributed by atoms with E-state index in [0.29, 0.717) is 24.7 Å². The molecule has 2 aromatic rings. The van der Waals surface area contributed by atoms with E-state index in [1.807, 2.05) is 6.07 Å². The Bertz CT molecular complexity index is 1040. The summed E-state index contributed by atoms with van der Waals surface area (Å²) < 4.78 is 2.41. The minimum absolute atomic E-state index is 0.0270. The molecule has 0 radical (unpaired) electrons. The van der Waals surface area contributed by atoms with Crippen LogP contribution >= 0.6 is 0 Å². The van der Waals surface area contributed by atoms with Crippen molar-refractivity contribution in [2.75, 3.05) is 6.54 Å². The van der Waals surface area contributed by atoms with E-state index < -0.39 is 0 Å². The molecule has 1 aromatic carbocycles. The summed E-state index contributed by atoms with van der Waals surface area (Å²) >= 11 is 0. The van der Waals surface area contributed by atoms with Crippen LogP contribution in [0.25, 0.3) is 17.0 Å². The summed E-state index contributed by atoms with van der Waals surface area (Å²) in [7, 11) is 0. The number of nitrogens with one attached hydrogen (secondary N) is 1. The topological polar surface area (TPSA) is 51.1 Å². The third-order valence-corrected chi connectivity index (χ3v) is 7.11. The SMILES string of the molecule is CC(C)NCCn1c2c(c3c4c(ccc31)C(=O)CC4)C1(C)CCC(=O)C1C=C2. The van der Waals surface area contributed by atoms with Crippen molar-refractivity contribution in [2.24, 2.45) is 5.92 Å². The molecule has 146 valence electrons. The second kappa shape index (κ2) is 6.15. The first-order chi connectivity index (χ1) is 13.4. The molecule has 0 spiro atoms. The molecular formula is C24H28N2O2. The van der Waals surface area contributed by atoms with E-state index >= 15 is 0 Å². The number of aromatic nitrogens is 1. The molecule has 3 aliphatic carbocycles. The van der Waals surface area contributed by atoms with Crippen LogP contribution in [0.1, 0.15) is 67.2 Å². The molecular weight excluding hydrogens is 348 g/mol. The predicted molar refractivity (Wildman–Crippen MR) is 112 cm³/mol. The van der Waals surface area contributed by atoms with Crippen molar-refractivity contribution >= 4 is 28.5 Å². The van der Waals surface area contributed by atoms with Gasteiger partial charge in [-0.15, -0.1) is 0 Å². The van der Waals surface area contributed by atoms with Gasteiger partial charge >= 0.3 is 0 Å². The van der Waals surface area contributed by atoms with E-state index in [1.165, 1.54) is 27.7 Å². The maximum Gasteiger partial charge on any atom is 0.163 e. The van der Waals surface area contributed by atoms with Gasteiger partial charge in [-0.05, 0) is 42.2 Å². The van der Waals surface area contributed by atoms with Crippen LogP contribution in [-0.4, -0.2) is 28.7 Å². The third kappa shape index (κ3) is 2.33. The maximum absolute atomic E-state index is 12.6. The Labute approximate surface area is 166 Å². The largest absolute Gasteiger partial charge is 0.339 e. The minimum atomic E-state index is -0.156. The van der Waals surface area contributed by atoms with E-state index in [-0.39, 0.29) is 17.1 Å². The number of benzene rings is 1.